The predicted molar refractivity (Wildman–Crippen MR) is 95.4 cm³/mol. The van der Waals surface area contributed by atoms with Crippen LogP contribution >= 0.6 is 0 Å². The minimum absolute atomic E-state index is 0.179. The first-order chi connectivity index (χ1) is 11.7. The third kappa shape index (κ3) is 4.44. The van der Waals surface area contributed by atoms with Gasteiger partial charge >= 0.3 is 0 Å². The van der Waals surface area contributed by atoms with Crippen molar-refractivity contribution >= 4 is 17.7 Å². The quantitative estimate of drug-likeness (QED) is 0.817. The highest BCUT2D eigenvalue weighted by atomic mass is 16.5. The van der Waals surface area contributed by atoms with Gasteiger partial charge in [-0.15, -0.1) is 0 Å². The van der Waals surface area contributed by atoms with Crippen LogP contribution in [-0.4, -0.2) is 28.6 Å². The number of nitrogens with one attached hydrogen (secondary N) is 1. The lowest BCUT2D eigenvalue weighted by molar-refractivity contribution is 0.308. The van der Waals surface area contributed by atoms with Gasteiger partial charge in [0.1, 0.15) is 6.61 Å². The first kappa shape index (κ1) is 16.2. The van der Waals surface area contributed by atoms with Crippen molar-refractivity contribution in [2.45, 2.75) is 38.6 Å². The Morgan fingerprint density at radius 2 is 1.88 bits per heavy atom. The van der Waals surface area contributed by atoms with Crippen molar-refractivity contribution in [3.05, 3.63) is 47.8 Å². The van der Waals surface area contributed by atoms with Gasteiger partial charge in [0.25, 0.3) is 6.02 Å². The number of nitrogens with zero attached hydrogens (tertiary/aromatic N) is 3. The Morgan fingerprint density at radius 3 is 2.50 bits per heavy atom. The fourth-order valence-electron chi connectivity index (χ4n) is 2.64. The highest BCUT2D eigenvalue weighted by Crippen LogP contribution is 2.17. The van der Waals surface area contributed by atoms with Crippen LogP contribution in [0.2, 0.25) is 0 Å². The fraction of sp³-hybridized carbons (Fsp3) is 0.389. The van der Waals surface area contributed by atoms with Gasteiger partial charge in [0.15, 0.2) is 0 Å². The zero-order valence-electron chi connectivity index (χ0n) is 13.9. The van der Waals surface area contributed by atoms with Crippen molar-refractivity contribution in [1.82, 2.24) is 9.97 Å². The van der Waals surface area contributed by atoms with Gasteiger partial charge in [0, 0.05) is 18.1 Å². The normalized spacial score (nSPS) is 16.5. The molecule has 6 nitrogen and oxygen atoms in total. The van der Waals surface area contributed by atoms with Crippen LogP contribution in [0.5, 0.6) is 0 Å². The van der Waals surface area contributed by atoms with E-state index in [4.69, 9.17) is 10.5 Å². The molecule has 2 heterocycles. The summed E-state index contributed by atoms with van der Waals surface area (Å²) in [6, 6.07) is 8.79. The third-order valence-corrected chi connectivity index (χ3v) is 3.95. The van der Waals surface area contributed by atoms with Crippen LogP contribution in [0.15, 0.2) is 41.7 Å². The number of aryl methyl sites for hydroxylation is 2. The Kier molecular flexibility index (Phi) is 5.25. The molecule has 3 rings (SSSR count). The number of aromatic nitrogens is 2. The molecule has 1 unspecified atom stereocenters. The van der Waals surface area contributed by atoms with E-state index in [1.165, 1.54) is 5.56 Å². The van der Waals surface area contributed by atoms with Gasteiger partial charge in [-0.25, -0.2) is 15.0 Å². The summed E-state index contributed by atoms with van der Waals surface area (Å²) in [7, 11) is 0. The van der Waals surface area contributed by atoms with Gasteiger partial charge in [-0.3, -0.25) is 0 Å². The number of aliphatic imine (C=N–C) groups is 1. The summed E-state index contributed by atoms with van der Waals surface area (Å²) >= 11 is 0. The van der Waals surface area contributed by atoms with Crippen LogP contribution in [0.1, 0.15) is 30.9 Å². The Bertz CT molecular complexity index is 682. The van der Waals surface area contributed by atoms with E-state index in [-0.39, 0.29) is 6.04 Å². The van der Waals surface area contributed by atoms with Gasteiger partial charge in [0.2, 0.25) is 5.95 Å². The number of anilines is 2. The maximum Gasteiger partial charge on any atom is 0.282 e. The number of amidine groups is 1. The van der Waals surface area contributed by atoms with Crippen LogP contribution in [-0.2, 0) is 17.6 Å². The molecule has 6 heteroatoms. The van der Waals surface area contributed by atoms with Gasteiger partial charge < -0.3 is 15.8 Å². The third-order valence-electron chi connectivity index (χ3n) is 3.95. The number of ether oxygens (including phenoxy) is 1. The molecule has 0 saturated carbocycles. The Balaban J connectivity index is 1.52. The van der Waals surface area contributed by atoms with E-state index in [1.807, 2.05) is 24.5 Å². The lowest BCUT2D eigenvalue weighted by atomic mass is 10.1. The number of hydrogen-bond acceptors (Lipinski definition) is 6. The maximum atomic E-state index is 5.52. The first-order valence-corrected chi connectivity index (χ1v) is 8.36. The van der Waals surface area contributed by atoms with E-state index >= 15 is 0 Å². The summed E-state index contributed by atoms with van der Waals surface area (Å²) in [5.74, 6) is 0.621. The molecule has 1 atom stereocenters. The topological polar surface area (TPSA) is 85.4 Å². The summed E-state index contributed by atoms with van der Waals surface area (Å²) in [5, 5.41) is 3.22. The fourth-order valence-corrected chi connectivity index (χ4v) is 2.64. The zero-order valence-corrected chi connectivity index (χ0v) is 13.9. The average molecular weight is 325 g/mol. The lowest BCUT2D eigenvalue weighted by Gasteiger charge is -2.08. The first-order valence-electron chi connectivity index (χ1n) is 8.36. The molecule has 3 N–H and O–H groups in total. The second-order valence-corrected chi connectivity index (χ2v) is 5.96. The molecule has 0 saturated heterocycles. The monoisotopic (exact) mass is 325 g/mol. The van der Waals surface area contributed by atoms with Crippen molar-refractivity contribution in [1.29, 1.82) is 0 Å². The van der Waals surface area contributed by atoms with Crippen molar-refractivity contribution in [2.24, 2.45) is 10.7 Å². The average Bonchev–Trinajstić information content (AvgIpc) is 3.02. The SMILES string of the molecule is CCCc1cnc(Nc2ccc(CCC3COC(N)=N3)cc2)nc1. The van der Waals surface area contributed by atoms with E-state index in [1.54, 1.807) is 0 Å². The summed E-state index contributed by atoms with van der Waals surface area (Å²) in [4.78, 5) is 12.9. The number of nitrogens with two attached hydrogens (primary N) is 1. The van der Waals surface area contributed by atoms with Crippen LogP contribution in [0.4, 0.5) is 11.6 Å². The Labute approximate surface area is 142 Å². The van der Waals surface area contributed by atoms with E-state index < -0.39 is 0 Å². The number of hydrogen-bond donors (Lipinski definition) is 2. The highest BCUT2D eigenvalue weighted by Gasteiger charge is 2.16. The largest absolute Gasteiger partial charge is 0.463 e. The molecule has 0 radical (unpaired) electrons. The molecular formula is C18H23N5O. The Hall–Kier alpha value is -2.63. The van der Waals surface area contributed by atoms with Crippen LogP contribution < -0.4 is 11.1 Å². The molecule has 0 aliphatic carbocycles. The van der Waals surface area contributed by atoms with E-state index in [2.05, 4.69) is 39.3 Å². The van der Waals surface area contributed by atoms with E-state index in [0.29, 0.717) is 18.6 Å². The highest BCUT2D eigenvalue weighted by molar-refractivity contribution is 5.73. The molecule has 1 aliphatic rings. The lowest BCUT2D eigenvalue weighted by Crippen LogP contribution is -2.10. The second kappa shape index (κ2) is 7.77. The Morgan fingerprint density at radius 1 is 1.12 bits per heavy atom. The minimum atomic E-state index is 0.179. The summed E-state index contributed by atoms with van der Waals surface area (Å²) in [5.41, 5.74) is 8.93. The summed E-state index contributed by atoms with van der Waals surface area (Å²) in [6.45, 7) is 2.74. The smallest absolute Gasteiger partial charge is 0.282 e. The maximum absolute atomic E-state index is 5.52. The molecule has 1 aromatic carbocycles. The van der Waals surface area contributed by atoms with Gasteiger partial charge in [-0.05, 0) is 42.5 Å². The zero-order chi connectivity index (χ0) is 16.8. The van der Waals surface area contributed by atoms with Crippen LogP contribution in [0.3, 0.4) is 0 Å². The second-order valence-electron chi connectivity index (χ2n) is 5.96. The molecule has 2 aromatic rings. The molecule has 24 heavy (non-hydrogen) atoms. The van der Waals surface area contributed by atoms with E-state index in [9.17, 15) is 0 Å². The molecule has 126 valence electrons. The summed E-state index contributed by atoms with van der Waals surface area (Å²) < 4.78 is 5.17. The standard InChI is InChI=1S/C18H23N5O/c1-2-3-14-10-20-18(21-11-14)23-15-7-4-13(5-8-15)6-9-16-12-24-17(19)22-16/h4-5,7-8,10-11,16H,2-3,6,9,12H2,1H3,(H2,19,22)(H,20,21,23). The van der Waals surface area contributed by atoms with Gasteiger partial charge in [-0.1, -0.05) is 25.5 Å². The van der Waals surface area contributed by atoms with Gasteiger partial charge in [0.05, 0.1) is 6.04 Å². The number of rotatable bonds is 7. The molecule has 0 spiro atoms. The van der Waals surface area contributed by atoms with E-state index in [0.717, 1.165) is 36.9 Å². The molecular weight excluding hydrogens is 302 g/mol. The molecule has 1 aromatic heterocycles. The molecule has 1 aliphatic heterocycles. The van der Waals surface area contributed by atoms with Gasteiger partial charge in [-0.2, -0.15) is 0 Å². The van der Waals surface area contributed by atoms with Crippen LogP contribution in [0, 0.1) is 0 Å². The van der Waals surface area contributed by atoms with Crippen molar-refractivity contribution in [3.63, 3.8) is 0 Å². The van der Waals surface area contributed by atoms with Crippen molar-refractivity contribution in [3.8, 4) is 0 Å². The van der Waals surface area contributed by atoms with Crippen molar-refractivity contribution in [2.75, 3.05) is 11.9 Å². The molecule has 0 bridgehead atoms. The molecule has 0 amide bonds. The minimum Gasteiger partial charge on any atom is -0.463 e. The predicted octanol–water partition coefficient (Wildman–Crippen LogP) is 2.82. The summed E-state index contributed by atoms with van der Waals surface area (Å²) in [6.07, 6.45) is 7.76. The number of benzene rings is 1. The van der Waals surface area contributed by atoms with Crippen LogP contribution in [0.25, 0.3) is 0 Å². The molecule has 0 fully saturated rings. The van der Waals surface area contributed by atoms with Crippen molar-refractivity contribution < 1.29 is 4.74 Å².